The molecule has 0 spiro atoms. The van der Waals surface area contributed by atoms with Crippen LogP contribution in [-0.4, -0.2) is 42.2 Å². The summed E-state index contributed by atoms with van der Waals surface area (Å²) < 4.78 is 0. The molecule has 0 saturated carbocycles. The van der Waals surface area contributed by atoms with E-state index in [0.29, 0.717) is 6.54 Å². The molecule has 0 unspecified atom stereocenters. The molecular formula is C16H20IN3O. The minimum absolute atomic E-state index is 0. The Labute approximate surface area is 141 Å². The van der Waals surface area contributed by atoms with Crippen molar-refractivity contribution in [3.63, 3.8) is 0 Å². The number of nitrogens with one attached hydrogen (secondary N) is 1. The van der Waals surface area contributed by atoms with Gasteiger partial charge in [0.1, 0.15) is 0 Å². The molecule has 2 N–H and O–H groups in total. The molecule has 2 aromatic carbocycles. The van der Waals surface area contributed by atoms with Crippen molar-refractivity contribution in [1.29, 1.82) is 0 Å². The average molecular weight is 397 g/mol. The molecule has 1 heterocycles. The Hall–Kier alpha value is -1.34. The number of nitrogens with zero attached hydrogens (tertiary/aromatic N) is 2. The molecule has 0 aromatic heterocycles. The second-order valence-electron chi connectivity index (χ2n) is 4.95. The summed E-state index contributed by atoms with van der Waals surface area (Å²) in [4.78, 5) is 6.52. The summed E-state index contributed by atoms with van der Waals surface area (Å²) in [5, 5.41) is 14.9. The molecule has 0 atom stereocenters. The molecular weight excluding hydrogens is 377 g/mol. The fourth-order valence-corrected chi connectivity index (χ4v) is 2.52. The fourth-order valence-electron chi connectivity index (χ4n) is 2.52. The van der Waals surface area contributed by atoms with Gasteiger partial charge in [0.25, 0.3) is 0 Å². The number of benzene rings is 2. The number of aliphatic hydroxyl groups is 1. The van der Waals surface area contributed by atoms with Gasteiger partial charge in [-0.05, 0) is 22.4 Å². The molecule has 3 rings (SSSR count). The molecule has 2 aromatic rings. The lowest BCUT2D eigenvalue weighted by Gasteiger charge is -2.19. The van der Waals surface area contributed by atoms with Gasteiger partial charge in [-0.1, -0.05) is 36.4 Å². The van der Waals surface area contributed by atoms with Crippen molar-refractivity contribution in [1.82, 2.24) is 10.2 Å². The van der Waals surface area contributed by atoms with Crippen LogP contribution in [0.4, 0.5) is 0 Å². The third kappa shape index (κ3) is 3.85. The van der Waals surface area contributed by atoms with E-state index in [1.807, 2.05) is 0 Å². The van der Waals surface area contributed by atoms with Crippen LogP contribution >= 0.6 is 24.0 Å². The van der Waals surface area contributed by atoms with Gasteiger partial charge in [0, 0.05) is 19.6 Å². The van der Waals surface area contributed by atoms with Gasteiger partial charge in [0.2, 0.25) is 0 Å². The number of rotatable bonds is 4. The lowest BCUT2D eigenvalue weighted by Crippen LogP contribution is -2.39. The molecule has 1 aliphatic rings. The Morgan fingerprint density at radius 1 is 1.14 bits per heavy atom. The Morgan fingerprint density at radius 3 is 2.76 bits per heavy atom. The molecule has 0 radical (unpaired) electrons. The van der Waals surface area contributed by atoms with E-state index in [1.165, 1.54) is 16.3 Å². The molecule has 0 fully saturated rings. The van der Waals surface area contributed by atoms with Gasteiger partial charge in [-0.25, -0.2) is 0 Å². The predicted octanol–water partition coefficient (Wildman–Crippen LogP) is 2.21. The zero-order valence-corrected chi connectivity index (χ0v) is 14.2. The fraction of sp³-hybridized carbons (Fsp3) is 0.312. The monoisotopic (exact) mass is 397 g/mol. The van der Waals surface area contributed by atoms with Crippen LogP contribution in [-0.2, 0) is 6.54 Å². The van der Waals surface area contributed by atoms with Gasteiger partial charge < -0.3 is 15.3 Å². The number of aliphatic imine (C=N–C) groups is 1. The second-order valence-corrected chi connectivity index (χ2v) is 4.95. The molecule has 112 valence electrons. The maximum absolute atomic E-state index is 9.02. The predicted molar refractivity (Wildman–Crippen MR) is 97.2 cm³/mol. The molecule has 0 aliphatic carbocycles. The first kappa shape index (κ1) is 16.0. The zero-order valence-electron chi connectivity index (χ0n) is 11.8. The van der Waals surface area contributed by atoms with Crippen LogP contribution in [0.25, 0.3) is 10.8 Å². The third-order valence-corrected chi connectivity index (χ3v) is 3.57. The normalized spacial score (nSPS) is 14.0. The summed E-state index contributed by atoms with van der Waals surface area (Å²) in [6.45, 7) is 3.26. The molecule has 0 bridgehead atoms. The summed E-state index contributed by atoms with van der Waals surface area (Å²) in [6.07, 6.45) is 0. The van der Waals surface area contributed by atoms with Gasteiger partial charge in [-0.2, -0.15) is 0 Å². The van der Waals surface area contributed by atoms with Crippen LogP contribution in [0.1, 0.15) is 5.56 Å². The van der Waals surface area contributed by atoms with E-state index in [9.17, 15) is 0 Å². The van der Waals surface area contributed by atoms with Gasteiger partial charge in [0.15, 0.2) is 5.96 Å². The Kier molecular flexibility index (Phi) is 5.81. The SMILES string of the molecule is I.OCCN1CCN=C1NCc1ccc2ccccc2c1. The highest BCUT2D eigenvalue weighted by Gasteiger charge is 2.15. The van der Waals surface area contributed by atoms with E-state index in [0.717, 1.165) is 25.6 Å². The zero-order chi connectivity index (χ0) is 13.8. The van der Waals surface area contributed by atoms with Crippen molar-refractivity contribution in [2.45, 2.75) is 6.54 Å². The van der Waals surface area contributed by atoms with Crippen LogP contribution in [0.3, 0.4) is 0 Å². The Bertz CT molecular complexity index is 630. The second kappa shape index (κ2) is 7.61. The topological polar surface area (TPSA) is 47.9 Å². The van der Waals surface area contributed by atoms with Crippen LogP contribution in [0.15, 0.2) is 47.5 Å². The first-order valence-corrected chi connectivity index (χ1v) is 6.98. The smallest absolute Gasteiger partial charge is 0.194 e. The number of halogens is 1. The van der Waals surface area contributed by atoms with Gasteiger partial charge >= 0.3 is 0 Å². The summed E-state index contributed by atoms with van der Waals surface area (Å²) in [5.74, 6) is 0.896. The first-order valence-electron chi connectivity index (χ1n) is 6.98. The molecule has 21 heavy (non-hydrogen) atoms. The maximum atomic E-state index is 9.02. The van der Waals surface area contributed by atoms with E-state index < -0.39 is 0 Å². The van der Waals surface area contributed by atoms with Gasteiger partial charge in [-0.15, -0.1) is 24.0 Å². The average Bonchev–Trinajstić information content (AvgIpc) is 2.93. The maximum Gasteiger partial charge on any atom is 0.194 e. The number of hydrogen-bond acceptors (Lipinski definition) is 4. The van der Waals surface area contributed by atoms with Crippen molar-refractivity contribution in [3.05, 3.63) is 48.0 Å². The number of guanidine groups is 1. The minimum Gasteiger partial charge on any atom is -0.395 e. The van der Waals surface area contributed by atoms with Crippen LogP contribution in [0, 0.1) is 0 Å². The van der Waals surface area contributed by atoms with Crippen LogP contribution in [0.2, 0.25) is 0 Å². The molecule has 5 heteroatoms. The first-order chi connectivity index (χ1) is 9.86. The highest BCUT2D eigenvalue weighted by Crippen LogP contribution is 2.15. The van der Waals surface area contributed by atoms with E-state index in [1.54, 1.807) is 0 Å². The van der Waals surface area contributed by atoms with E-state index in [2.05, 4.69) is 57.7 Å². The quantitative estimate of drug-likeness (QED) is 0.778. The number of aliphatic hydroxyl groups excluding tert-OH is 1. The Balaban J connectivity index is 0.00000161. The van der Waals surface area contributed by atoms with E-state index >= 15 is 0 Å². The molecule has 1 aliphatic heterocycles. The van der Waals surface area contributed by atoms with Crippen molar-refractivity contribution >= 4 is 40.7 Å². The molecule has 0 amide bonds. The summed E-state index contributed by atoms with van der Waals surface area (Å²) in [5.41, 5.74) is 1.24. The third-order valence-electron chi connectivity index (χ3n) is 3.57. The summed E-state index contributed by atoms with van der Waals surface area (Å²) in [6, 6.07) is 14.9. The number of β-amino-alcohol motifs (C(OH)–C–C–N with tert-alkyl or cyclic N) is 1. The summed E-state index contributed by atoms with van der Waals surface area (Å²) in [7, 11) is 0. The Morgan fingerprint density at radius 2 is 1.95 bits per heavy atom. The van der Waals surface area contributed by atoms with Crippen molar-refractivity contribution in [2.75, 3.05) is 26.2 Å². The largest absolute Gasteiger partial charge is 0.395 e. The van der Waals surface area contributed by atoms with Crippen molar-refractivity contribution in [3.8, 4) is 0 Å². The lowest BCUT2D eigenvalue weighted by molar-refractivity contribution is 0.254. The summed E-state index contributed by atoms with van der Waals surface area (Å²) >= 11 is 0. The standard InChI is InChI=1S/C16H19N3O.HI/c20-10-9-19-8-7-17-16(19)18-12-13-5-6-14-3-1-2-4-15(14)11-13;/h1-6,11,20H,7-10,12H2,(H,17,18);1H. The number of fused-ring (bicyclic) bond motifs is 1. The van der Waals surface area contributed by atoms with Gasteiger partial charge in [-0.3, -0.25) is 4.99 Å². The number of hydrogen-bond donors (Lipinski definition) is 2. The van der Waals surface area contributed by atoms with Crippen molar-refractivity contribution in [2.24, 2.45) is 4.99 Å². The lowest BCUT2D eigenvalue weighted by atomic mass is 10.1. The van der Waals surface area contributed by atoms with Gasteiger partial charge in [0.05, 0.1) is 13.2 Å². The van der Waals surface area contributed by atoms with E-state index in [4.69, 9.17) is 5.11 Å². The highest BCUT2D eigenvalue weighted by molar-refractivity contribution is 14.0. The minimum atomic E-state index is 0. The van der Waals surface area contributed by atoms with Crippen LogP contribution < -0.4 is 5.32 Å². The van der Waals surface area contributed by atoms with E-state index in [-0.39, 0.29) is 30.6 Å². The molecule has 0 saturated heterocycles. The molecule has 4 nitrogen and oxygen atoms in total. The highest BCUT2D eigenvalue weighted by atomic mass is 127. The van der Waals surface area contributed by atoms with Crippen molar-refractivity contribution < 1.29 is 5.11 Å². The van der Waals surface area contributed by atoms with Crippen LogP contribution in [0.5, 0.6) is 0 Å².